The van der Waals surface area contributed by atoms with E-state index >= 15 is 0 Å². The van der Waals surface area contributed by atoms with Gasteiger partial charge in [-0.25, -0.2) is 14.5 Å². The number of ether oxygens (including phenoxy) is 2. The number of carbonyl (C=O) groups excluding carboxylic acids is 1. The lowest BCUT2D eigenvalue weighted by Gasteiger charge is -2.13. The van der Waals surface area contributed by atoms with Crippen molar-refractivity contribution >= 4 is 16.9 Å². The van der Waals surface area contributed by atoms with Crippen molar-refractivity contribution in [2.24, 2.45) is 0 Å². The van der Waals surface area contributed by atoms with Crippen LogP contribution in [-0.2, 0) is 17.8 Å². The second-order valence-electron chi connectivity index (χ2n) is 8.28. The standard InChI is InChI=1S/C26H30N4O4/c1-5-33-26(32)25-17(2)29(14-20-9-7-6-8-10-20)24-12-11-22(13-23(24)25)34-16-21(31)15-30-19(4)27-18(3)28-30/h6-13,21,31H,5,14-16H2,1-4H3/t21-/m1/s1. The van der Waals surface area contributed by atoms with Crippen LogP contribution in [0.1, 0.15) is 40.2 Å². The molecule has 178 valence electrons. The summed E-state index contributed by atoms with van der Waals surface area (Å²) in [5, 5.41) is 15.5. The summed E-state index contributed by atoms with van der Waals surface area (Å²) in [6.45, 7) is 8.70. The molecule has 0 amide bonds. The Bertz CT molecular complexity index is 1290. The number of benzene rings is 2. The first kappa shape index (κ1) is 23.5. The number of aromatic nitrogens is 4. The average molecular weight is 463 g/mol. The van der Waals surface area contributed by atoms with E-state index < -0.39 is 6.10 Å². The SMILES string of the molecule is CCOC(=O)c1c(C)n(Cc2ccccc2)c2ccc(OC[C@H](O)Cn3nc(C)nc3C)cc12. The lowest BCUT2D eigenvalue weighted by atomic mass is 10.1. The van der Waals surface area contributed by atoms with Gasteiger partial charge in [0.25, 0.3) is 0 Å². The van der Waals surface area contributed by atoms with Crippen LogP contribution in [0, 0.1) is 20.8 Å². The lowest BCUT2D eigenvalue weighted by molar-refractivity contribution is 0.0527. The van der Waals surface area contributed by atoms with Gasteiger partial charge in [-0.1, -0.05) is 30.3 Å². The van der Waals surface area contributed by atoms with Gasteiger partial charge in [-0.15, -0.1) is 0 Å². The predicted molar refractivity (Wildman–Crippen MR) is 129 cm³/mol. The number of aryl methyl sites for hydroxylation is 2. The van der Waals surface area contributed by atoms with Gasteiger partial charge in [0.2, 0.25) is 0 Å². The van der Waals surface area contributed by atoms with Crippen molar-refractivity contribution in [3.8, 4) is 5.75 Å². The number of nitrogens with zero attached hydrogens (tertiary/aromatic N) is 4. The van der Waals surface area contributed by atoms with Crippen LogP contribution in [0.25, 0.3) is 10.9 Å². The van der Waals surface area contributed by atoms with E-state index in [1.165, 1.54) is 0 Å². The van der Waals surface area contributed by atoms with Crippen LogP contribution in [0.2, 0.25) is 0 Å². The van der Waals surface area contributed by atoms with Gasteiger partial charge >= 0.3 is 5.97 Å². The van der Waals surface area contributed by atoms with Crippen molar-refractivity contribution in [2.45, 2.75) is 46.9 Å². The fourth-order valence-electron chi connectivity index (χ4n) is 4.16. The van der Waals surface area contributed by atoms with E-state index in [4.69, 9.17) is 9.47 Å². The van der Waals surface area contributed by atoms with Gasteiger partial charge in [0.05, 0.1) is 18.7 Å². The summed E-state index contributed by atoms with van der Waals surface area (Å²) in [6, 6.07) is 15.8. The van der Waals surface area contributed by atoms with E-state index in [1.54, 1.807) is 11.6 Å². The fourth-order valence-corrected chi connectivity index (χ4v) is 4.16. The number of aliphatic hydroxyl groups excluding tert-OH is 1. The molecule has 0 radical (unpaired) electrons. The number of esters is 1. The minimum absolute atomic E-state index is 0.0856. The van der Waals surface area contributed by atoms with Crippen molar-refractivity contribution in [1.82, 2.24) is 19.3 Å². The molecule has 0 fully saturated rings. The Morgan fingerprint density at radius 2 is 1.88 bits per heavy atom. The van der Waals surface area contributed by atoms with Crippen LogP contribution in [0.5, 0.6) is 5.75 Å². The molecule has 2 aromatic heterocycles. The van der Waals surface area contributed by atoms with E-state index in [-0.39, 0.29) is 19.1 Å². The minimum atomic E-state index is -0.760. The largest absolute Gasteiger partial charge is 0.491 e. The van der Waals surface area contributed by atoms with Crippen molar-refractivity contribution < 1.29 is 19.4 Å². The molecular formula is C26H30N4O4. The molecule has 4 aromatic rings. The first-order valence-corrected chi connectivity index (χ1v) is 11.4. The first-order valence-electron chi connectivity index (χ1n) is 11.4. The lowest BCUT2D eigenvalue weighted by Crippen LogP contribution is -2.24. The molecule has 1 N–H and O–H groups in total. The van der Waals surface area contributed by atoms with Gasteiger partial charge in [0.1, 0.15) is 30.1 Å². The highest BCUT2D eigenvalue weighted by Crippen LogP contribution is 2.31. The molecule has 0 saturated heterocycles. The Hall–Kier alpha value is -3.65. The van der Waals surface area contributed by atoms with Crippen molar-refractivity contribution in [3.05, 3.63) is 77.0 Å². The van der Waals surface area contributed by atoms with E-state index in [9.17, 15) is 9.90 Å². The Kier molecular flexibility index (Phi) is 6.98. The van der Waals surface area contributed by atoms with Crippen LogP contribution in [0.4, 0.5) is 0 Å². The quantitative estimate of drug-likeness (QED) is 0.380. The first-order chi connectivity index (χ1) is 16.4. The van der Waals surface area contributed by atoms with Crippen molar-refractivity contribution in [2.75, 3.05) is 13.2 Å². The zero-order valence-electron chi connectivity index (χ0n) is 20.0. The molecule has 0 bridgehead atoms. The molecule has 4 rings (SSSR count). The minimum Gasteiger partial charge on any atom is -0.491 e. The van der Waals surface area contributed by atoms with Gasteiger partial charge in [-0.3, -0.25) is 0 Å². The van der Waals surface area contributed by atoms with Gasteiger partial charge in [0.15, 0.2) is 0 Å². The van der Waals surface area contributed by atoms with Crippen LogP contribution < -0.4 is 4.74 Å². The Morgan fingerprint density at radius 3 is 2.56 bits per heavy atom. The summed E-state index contributed by atoms with van der Waals surface area (Å²) in [6.07, 6.45) is -0.760. The molecule has 8 heteroatoms. The molecule has 0 aliphatic carbocycles. The Labute approximate surface area is 198 Å². The molecule has 2 aromatic carbocycles. The predicted octanol–water partition coefficient (Wildman–Crippen LogP) is 3.82. The van der Waals surface area contributed by atoms with Crippen molar-refractivity contribution in [1.29, 1.82) is 0 Å². The molecule has 8 nitrogen and oxygen atoms in total. The van der Waals surface area contributed by atoms with Gasteiger partial charge in [0, 0.05) is 23.1 Å². The third-order valence-corrected chi connectivity index (χ3v) is 5.75. The van der Waals surface area contributed by atoms with Gasteiger partial charge in [-0.05, 0) is 51.5 Å². The molecule has 0 aliphatic rings. The maximum Gasteiger partial charge on any atom is 0.340 e. The Balaban J connectivity index is 1.60. The molecular weight excluding hydrogens is 432 g/mol. The van der Waals surface area contributed by atoms with E-state index in [2.05, 4.69) is 26.8 Å². The van der Waals surface area contributed by atoms with Crippen LogP contribution in [-0.4, -0.2) is 49.7 Å². The third-order valence-electron chi connectivity index (χ3n) is 5.75. The smallest absolute Gasteiger partial charge is 0.340 e. The van der Waals surface area contributed by atoms with E-state index in [1.807, 2.05) is 57.2 Å². The number of carbonyl (C=O) groups is 1. The van der Waals surface area contributed by atoms with Gasteiger partial charge in [-0.2, -0.15) is 5.10 Å². The summed E-state index contributed by atoms with van der Waals surface area (Å²) in [4.78, 5) is 17.1. The van der Waals surface area contributed by atoms with Crippen LogP contribution in [0.15, 0.2) is 48.5 Å². The van der Waals surface area contributed by atoms with E-state index in [0.29, 0.717) is 30.3 Å². The summed E-state index contributed by atoms with van der Waals surface area (Å²) in [5.41, 5.74) is 3.44. The number of rotatable bonds is 9. The monoisotopic (exact) mass is 462 g/mol. The molecule has 0 spiro atoms. The molecule has 34 heavy (non-hydrogen) atoms. The van der Waals surface area contributed by atoms with Gasteiger partial charge < -0.3 is 19.1 Å². The summed E-state index contributed by atoms with van der Waals surface area (Å²) in [5.74, 6) is 1.62. The van der Waals surface area contributed by atoms with Crippen molar-refractivity contribution in [3.63, 3.8) is 0 Å². The maximum absolute atomic E-state index is 12.8. The third kappa shape index (κ3) is 4.97. The molecule has 2 heterocycles. The summed E-state index contributed by atoms with van der Waals surface area (Å²) < 4.78 is 15.0. The molecule has 1 atom stereocenters. The average Bonchev–Trinajstić information content (AvgIpc) is 3.27. The van der Waals surface area contributed by atoms with Crippen LogP contribution >= 0.6 is 0 Å². The molecule has 0 aliphatic heterocycles. The normalized spacial score (nSPS) is 12.1. The zero-order chi connectivity index (χ0) is 24.2. The highest BCUT2D eigenvalue weighted by Gasteiger charge is 2.22. The highest BCUT2D eigenvalue weighted by molar-refractivity contribution is 6.06. The van der Waals surface area contributed by atoms with E-state index in [0.717, 1.165) is 28.0 Å². The second kappa shape index (κ2) is 10.1. The summed E-state index contributed by atoms with van der Waals surface area (Å²) in [7, 11) is 0. The molecule has 0 saturated carbocycles. The topological polar surface area (TPSA) is 91.4 Å². The van der Waals surface area contributed by atoms with Crippen LogP contribution in [0.3, 0.4) is 0 Å². The summed E-state index contributed by atoms with van der Waals surface area (Å²) >= 11 is 0. The highest BCUT2D eigenvalue weighted by atomic mass is 16.5. The number of aliphatic hydroxyl groups is 1. The number of fused-ring (bicyclic) bond motifs is 1. The number of hydrogen-bond acceptors (Lipinski definition) is 6. The second-order valence-corrected chi connectivity index (χ2v) is 8.28. The Morgan fingerprint density at radius 1 is 1.12 bits per heavy atom. The zero-order valence-corrected chi connectivity index (χ0v) is 20.0. The maximum atomic E-state index is 12.8. The fraction of sp³-hybridized carbons (Fsp3) is 0.346. The molecule has 0 unspecified atom stereocenters. The number of hydrogen-bond donors (Lipinski definition) is 1.